The molecule has 4 nitrogen and oxygen atoms in total. The lowest BCUT2D eigenvalue weighted by Gasteiger charge is -2.36. The number of anilines is 2. The van der Waals surface area contributed by atoms with Crippen LogP contribution >= 0.6 is 11.8 Å². The molecule has 0 radical (unpaired) electrons. The van der Waals surface area contributed by atoms with Crippen LogP contribution < -0.4 is 4.90 Å². The first-order valence-corrected chi connectivity index (χ1v) is 14.2. The fourth-order valence-electron chi connectivity index (χ4n) is 4.55. The Morgan fingerprint density at radius 2 is 1.32 bits per heavy atom. The van der Waals surface area contributed by atoms with Gasteiger partial charge in [0.25, 0.3) is 0 Å². The summed E-state index contributed by atoms with van der Waals surface area (Å²) >= 11 is 1.87. The van der Waals surface area contributed by atoms with E-state index >= 15 is 0 Å². The van der Waals surface area contributed by atoms with Gasteiger partial charge in [-0.2, -0.15) is 0 Å². The zero-order chi connectivity index (χ0) is 26.9. The highest BCUT2D eigenvalue weighted by atomic mass is 32.2. The molecule has 0 bridgehead atoms. The van der Waals surface area contributed by atoms with Gasteiger partial charge in [0.1, 0.15) is 0 Å². The Morgan fingerprint density at radius 3 is 1.87 bits per heavy atom. The molecule has 1 aliphatic rings. The fourth-order valence-corrected chi connectivity index (χ4v) is 5.64. The van der Waals surface area contributed by atoms with E-state index in [0.29, 0.717) is 12.0 Å². The number of pyridine rings is 1. The van der Waals surface area contributed by atoms with Gasteiger partial charge in [0.05, 0.1) is 11.4 Å². The average molecular weight is 525 g/mol. The molecule has 3 aromatic carbocycles. The minimum absolute atomic E-state index is 0.384. The molecular weight excluding hydrogens is 484 g/mol. The molecule has 1 aromatic heterocycles. The van der Waals surface area contributed by atoms with Crippen LogP contribution in [-0.2, 0) is 0 Å². The Hall–Kier alpha value is -3.12. The van der Waals surface area contributed by atoms with Gasteiger partial charge in [0.15, 0.2) is 0 Å². The summed E-state index contributed by atoms with van der Waals surface area (Å²) in [5.41, 5.74) is 5.15. The van der Waals surface area contributed by atoms with E-state index in [9.17, 15) is 0 Å². The quantitative estimate of drug-likeness (QED) is 0.239. The number of benzene rings is 3. The maximum atomic E-state index is 4.51. The Morgan fingerprint density at radius 1 is 0.737 bits per heavy atom. The highest BCUT2D eigenvalue weighted by Crippen LogP contribution is 2.47. The van der Waals surface area contributed by atoms with Gasteiger partial charge >= 0.3 is 0 Å². The largest absolute Gasteiger partial charge is 0.338 e. The molecule has 5 rings (SSSR count). The van der Waals surface area contributed by atoms with Crippen LogP contribution in [-0.4, -0.2) is 62.1 Å². The molecule has 0 N–H and O–H groups in total. The Bertz CT molecular complexity index is 1180. The number of para-hydroxylation sites is 2. The maximum absolute atomic E-state index is 4.51. The molecule has 2 unspecified atom stereocenters. The van der Waals surface area contributed by atoms with Crippen molar-refractivity contribution in [3.05, 3.63) is 115 Å². The second-order valence-electron chi connectivity index (χ2n) is 10.3. The lowest BCUT2D eigenvalue weighted by molar-refractivity contribution is 0.319. The monoisotopic (exact) mass is 524 g/mol. The third-order valence-corrected chi connectivity index (χ3v) is 8.10. The average Bonchev–Trinajstić information content (AvgIpc) is 2.94. The highest BCUT2D eigenvalue weighted by Gasteiger charge is 2.24. The number of fused-ring (bicyclic) bond motifs is 2. The van der Waals surface area contributed by atoms with E-state index in [4.69, 9.17) is 0 Å². The third-order valence-electron chi connectivity index (χ3n) is 6.97. The number of hydrogen-bond acceptors (Lipinski definition) is 5. The molecule has 2 atom stereocenters. The summed E-state index contributed by atoms with van der Waals surface area (Å²) in [6.07, 6.45) is 2.97. The Labute approximate surface area is 233 Å². The van der Waals surface area contributed by atoms with Gasteiger partial charge in [-0.05, 0) is 90.0 Å². The minimum atomic E-state index is 0.384. The van der Waals surface area contributed by atoms with Gasteiger partial charge in [-0.1, -0.05) is 72.4 Å². The molecule has 0 saturated carbocycles. The summed E-state index contributed by atoms with van der Waals surface area (Å²) in [6, 6.07) is 34.6. The van der Waals surface area contributed by atoms with Crippen molar-refractivity contribution in [1.29, 1.82) is 0 Å². The zero-order valence-electron chi connectivity index (χ0n) is 23.3. The van der Waals surface area contributed by atoms with Crippen molar-refractivity contribution in [2.24, 2.45) is 0 Å². The van der Waals surface area contributed by atoms with E-state index < -0.39 is 0 Å². The Balaban J connectivity index is 0.000000178. The van der Waals surface area contributed by atoms with Crippen LogP contribution in [0.1, 0.15) is 30.5 Å². The molecule has 198 valence electrons. The predicted molar refractivity (Wildman–Crippen MR) is 163 cm³/mol. The smallest absolute Gasteiger partial charge is 0.0553 e. The molecule has 2 heterocycles. The first-order valence-electron chi connectivity index (χ1n) is 13.3. The first kappa shape index (κ1) is 27.9. The standard InChI is InChI=1S/C17H20N2S.C16H20N2/c1-13(18(2)3)12-19-14-8-4-6-10-16(14)20-17-11-7-5-9-15(17)19;1-18(2)13-11-15(14-8-4-3-5-9-14)16-10-6-7-12-17-16/h4-11,13H,12H2,1-3H3;3-10,12,15H,11,13H2,1-2H3. The van der Waals surface area contributed by atoms with E-state index in [1.807, 2.05) is 24.0 Å². The topological polar surface area (TPSA) is 22.6 Å². The molecule has 38 heavy (non-hydrogen) atoms. The van der Waals surface area contributed by atoms with E-state index in [1.54, 1.807) is 0 Å². The summed E-state index contributed by atoms with van der Waals surface area (Å²) in [6.45, 7) is 4.34. The van der Waals surface area contributed by atoms with E-state index in [1.165, 1.54) is 26.7 Å². The number of likely N-dealkylation sites (N-methyl/N-ethyl adjacent to an activating group) is 1. The maximum Gasteiger partial charge on any atom is 0.0553 e. The third kappa shape index (κ3) is 7.25. The molecule has 4 aromatic rings. The summed E-state index contributed by atoms with van der Waals surface area (Å²) < 4.78 is 0. The highest BCUT2D eigenvalue weighted by molar-refractivity contribution is 7.99. The second kappa shape index (κ2) is 13.6. The van der Waals surface area contributed by atoms with Crippen molar-refractivity contribution in [2.45, 2.75) is 35.1 Å². The van der Waals surface area contributed by atoms with Crippen LogP contribution in [0.15, 0.2) is 113 Å². The van der Waals surface area contributed by atoms with Gasteiger partial charge in [-0.15, -0.1) is 0 Å². The molecule has 0 spiro atoms. The molecule has 0 saturated heterocycles. The van der Waals surface area contributed by atoms with Crippen molar-refractivity contribution < 1.29 is 0 Å². The molecule has 0 fully saturated rings. The van der Waals surface area contributed by atoms with E-state index in [2.05, 4.69) is 146 Å². The first-order chi connectivity index (χ1) is 18.4. The van der Waals surface area contributed by atoms with E-state index in [-0.39, 0.29) is 0 Å². The van der Waals surface area contributed by atoms with Gasteiger partial charge < -0.3 is 14.7 Å². The Kier molecular flexibility index (Phi) is 9.99. The van der Waals surface area contributed by atoms with Crippen molar-refractivity contribution in [3.63, 3.8) is 0 Å². The van der Waals surface area contributed by atoms with Crippen LogP contribution in [0.2, 0.25) is 0 Å². The summed E-state index contributed by atoms with van der Waals surface area (Å²) in [7, 11) is 8.50. The number of rotatable bonds is 8. The van der Waals surface area contributed by atoms with Crippen LogP contribution in [0.4, 0.5) is 11.4 Å². The van der Waals surface area contributed by atoms with Crippen molar-refractivity contribution >= 4 is 23.1 Å². The van der Waals surface area contributed by atoms with Gasteiger partial charge in [0, 0.05) is 40.2 Å². The number of nitrogens with zero attached hydrogens (tertiary/aromatic N) is 4. The zero-order valence-corrected chi connectivity index (χ0v) is 24.1. The molecular formula is C33H40N4S. The molecule has 0 aliphatic carbocycles. The minimum Gasteiger partial charge on any atom is -0.338 e. The van der Waals surface area contributed by atoms with Gasteiger partial charge in [-0.3, -0.25) is 4.98 Å². The van der Waals surface area contributed by atoms with Crippen LogP contribution in [0.5, 0.6) is 0 Å². The van der Waals surface area contributed by atoms with Crippen LogP contribution in [0.25, 0.3) is 0 Å². The summed E-state index contributed by atoms with van der Waals surface area (Å²) in [5, 5.41) is 0. The lowest BCUT2D eigenvalue weighted by Crippen LogP contribution is -2.37. The fraction of sp³-hybridized carbons (Fsp3) is 0.303. The van der Waals surface area contributed by atoms with Crippen molar-refractivity contribution in [3.8, 4) is 0 Å². The van der Waals surface area contributed by atoms with Crippen molar-refractivity contribution in [2.75, 3.05) is 46.2 Å². The number of aromatic nitrogens is 1. The number of hydrogen-bond donors (Lipinski definition) is 0. The molecule has 0 amide bonds. The molecule has 5 heteroatoms. The normalized spacial score (nSPS) is 13.8. The summed E-state index contributed by atoms with van der Waals surface area (Å²) in [4.78, 5) is 14.1. The van der Waals surface area contributed by atoms with Crippen molar-refractivity contribution in [1.82, 2.24) is 14.8 Å². The van der Waals surface area contributed by atoms with E-state index in [0.717, 1.165) is 25.2 Å². The lowest BCUT2D eigenvalue weighted by atomic mass is 9.92. The van der Waals surface area contributed by atoms with Gasteiger partial charge in [0.2, 0.25) is 0 Å². The predicted octanol–water partition coefficient (Wildman–Crippen LogP) is 7.40. The SMILES string of the molecule is CC(CN1c2ccccc2Sc2ccccc21)N(C)C.CN(C)CCC(c1ccccc1)c1ccccn1. The summed E-state index contributed by atoms with van der Waals surface area (Å²) in [5.74, 6) is 0.384. The van der Waals surface area contributed by atoms with Gasteiger partial charge in [-0.25, -0.2) is 0 Å². The van der Waals surface area contributed by atoms with Crippen LogP contribution in [0.3, 0.4) is 0 Å². The second-order valence-corrected chi connectivity index (χ2v) is 11.4. The molecule has 1 aliphatic heterocycles. The van der Waals surface area contributed by atoms with Crippen LogP contribution in [0, 0.1) is 0 Å².